The molecule has 0 saturated carbocycles. The number of aromatic amines is 1. The Balaban J connectivity index is 0.000000234. The molecule has 52 heavy (non-hydrogen) atoms. The van der Waals surface area contributed by atoms with Gasteiger partial charge >= 0.3 is 17.9 Å². The first-order chi connectivity index (χ1) is 24.4. The SMILES string of the molecule is CC(C)(C)N(Cc1ccc(CNc2cc(F)ccc2N)cc1)C(=O)O.CC(C)(C)OC(=O)NCc1ccc(Cn2c(=O)[nH]c3ccc(F)cc32)cc1. The van der Waals surface area contributed by atoms with Crippen LogP contribution in [0.25, 0.3) is 11.0 Å². The van der Waals surface area contributed by atoms with Crippen LogP contribution in [0.5, 0.6) is 0 Å². The van der Waals surface area contributed by atoms with E-state index in [1.807, 2.05) is 69.3 Å². The van der Waals surface area contributed by atoms with E-state index in [4.69, 9.17) is 10.5 Å². The number of hydrogen-bond acceptors (Lipinski definition) is 6. The summed E-state index contributed by atoms with van der Waals surface area (Å²) in [5, 5.41) is 15.2. The lowest BCUT2D eigenvalue weighted by atomic mass is 10.0. The van der Waals surface area contributed by atoms with Gasteiger partial charge in [0.05, 0.1) is 29.0 Å². The number of rotatable bonds is 9. The summed E-state index contributed by atoms with van der Waals surface area (Å²) in [7, 11) is 0. The number of alkyl carbamates (subject to hydrolysis) is 1. The van der Waals surface area contributed by atoms with E-state index in [0.29, 0.717) is 48.6 Å². The van der Waals surface area contributed by atoms with Crippen LogP contribution in [0.4, 0.5) is 29.7 Å². The van der Waals surface area contributed by atoms with Gasteiger partial charge in [0, 0.05) is 25.2 Å². The molecule has 2 amide bonds. The third-order valence-electron chi connectivity index (χ3n) is 7.84. The fraction of sp³-hybridized carbons (Fsp3) is 0.308. The van der Waals surface area contributed by atoms with Crippen LogP contribution in [0.2, 0.25) is 0 Å². The van der Waals surface area contributed by atoms with Gasteiger partial charge in [0.1, 0.15) is 17.2 Å². The first kappa shape index (κ1) is 38.9. The number of carbonyl (C=O) groups excluding carboxylic acids is 1. The number of carboxylic acid groups (broad SMARTS) is 1. The molecule has 4 aromatic carbocycles. The molecule has 13 heteroatoms. The number of fused-ring (bicyclic) bond motifs is 1. The predicted molar refractivity (Wildman–Crippen MR) is 199 cm³/mol. The Bertz CT molecular complexity index is 2050. The highest BCUT2D eigenvalue weighted by atomic mass is 19.1. The van der Waals surface area contributed by atoms with Gasteiger partial charge in [-0.3, -0.25) is 9.47 Å². The number of imidazole rings is 1. The number of hydrogen-bond donors (Lipinski definition) is 5. The predicted octanol–water partition coefficient (Wildman–Crippen LogP) is 7.84. The van der Waals surface area contributed by atoms with Crippen LogP contribution in [0.15, 0.2) is 89.7 Å². The molecular formula is C39H46F2N6O5. The van der Waals surface area contributed by atoms with Crippen molar-refractivity contribution in [2.24, 2.45) is 0 Å². The fourth-order valence-electron chi connectivity index (χ4n) is 5.13. The Morgan fingerprint density at radius 2 is 1.38 bits per heavy atom. The second kappa shape index (κ2) is 16.4. The van der Waals surface area contributed by atoms with Gasteiger partial charge in [-0.15, -0.1) is 0 Å². The van der Waals surface area contributed by atoms with E-state index in [-0.39, 0.29) is 17.3 Å². The average molecular weight is 717 g/mol. The van der Waals surface area contributed by atoms with Crippen molar-refractivity contribution < 1.29 is 28.2 Å². The average Bonchev–Trinajstić information content (AvgIpc) is 3.36. The van der Waals surface area contributed by atoms with E-state index >= 15 is 0 Å². The molecule has 0 fully saturated rings. The highest BCUT2D eigenvalue weighted by Crippen LogP contribution is 2.22. The number of halogens is 2. The Labute approximate surface area is 301 Å². The maximum atomic E-state index is 13.5. The summed E-state index contributed by atoms with van der Waals surface area (Å²) in [5.41, 5.74) is 10.4. The van der Waals surface area contributed by atoms with Crippen LogP contribution in [0.1, 0.15) is 63.8 Å². The van der Waals surface area contributed by atoms with Gasteiger partial charge in [-0.2, -0.15) is 0 Å². The Hall–Kier alpha value is -5.85. The van der Waals surface area contributed by atoms with Gasteiger partial charge in [0.2, 0.25) is 0 Å². The second-order valence-corrected chi connectivity index (χ2v) is 14.3. The summed E-state index contributed by atoms with van der Waals surface area (Å²) in [5.74, 6) is -0.734. The summed E-state index contributed by atoms with van der Waals surface area (Å²) in [6.07, 6.45) is -1.42. The molecule has 0 spiro atoms. The van der Waals surface area contributed by atoms with Gasteiger partial charge in [0.25, 0.3) is 0 Å². The number of nitrogens with one attached hydrogen (secondary N) is 3. The number of benzene rings is 4. The number of nitrogens with two attached hydrogens (primary N) is 1. The summed E-state index contributed by atoms with van der Waals surface area (Å²) in [6.45, 7) is 12.5. The van der Waals surface area contributed by atoms with E-state index in [1.165, 1.54) is 39.8 Å². The Morgan fingerprint density at radius 3 is 1.98 bits per heavy atom. The highest BCUT2D eigenvalue weighted by molar-refractivity contribution is 5.75. The van der Waals surface area contributed by atoms with Crippen molar-refractivity contribution in [3.05, 3.63) is 129 Å². The largest absolute Gasteiger partial charge is 0.465 e. The molecule has 5 rings (SSSR count). The van der Waals surface area contributed by atoms with Crippen molar-refractivity contribution in [1.82, 2.24) is 19.8 Å². The van der Waals surface area contributed by atoms with Crippen LogP contribution in [0, 0.1) is 11.6 Å². The minimum atomic E-state index is -0.945. The molecule has 6 N–H and O–H groups in total. The number of H-pyrrole nitrogens is 1. The fourth-order valence-corrected chi connectivity index (χ4v) is 5.13. The molecule has 276 valence electrons. The number of nitrogen functional groups attached to an aromatic ring is 1. The van der Waals surface area contributed by atoms with Crippen LogP contribution >= 0.6 is 0 Å². The molecule has 0 saturated heterocycles. The summed E-state index contributed by atoms with van der Waals surface area (Å²) in [6, 6.07) is 23.5. The lowest BCUT2D eigenvalue weighted by Gasteiger charge is -2.33. The topological polar surface area (TPSA) is 155 Å². The van der Waals surface area contributed by atoms with E-state index in [1.54, 1.807) is 26.8 Å². The third kappa shape index (κ3) is 11.3. The number of amides is 2. The Morgan fingerprint density at radius 1 is 0.827 bits per heavy atom. The quantitative estimate of drug-likeness (QED) is 0.0974. The third-order valence-corrected chi connectivity index (χ3v) is 7.84. The first-order valence-electron chi connectivity index (χ1n) is 16.7. The van der Waals surface area contributed by atoms with Gasteiger partial charge in [-0.25, -0.2) is 23.2 Å². The van der Waals surface area contributed by atoms with E-state index in [2.05, 4.69) is 15.6 Å². The van der Waals surface area contributed by atoms with Crippen molar-refractivity contribution in [3.63, 3.8) is 0 Å². The van der Waals surface area contributed by atoms with E-state index < -0.39 is 23.3 Å². The van der Waals surface area contributed by atoms with Crippen molar-refractivity contribution in [2.45, 2.75) is 78.9 Å². The zero-order valence-corrected chi connectivity index (χ0v) is 30.2. The number of ether oxygens (including phenoxy) is 1. The molecule has 0 bridgehead atoms. The highest BCUT2D eigenvalue weighted by Gasteiger charge is 2.26. The minimum Gasteiger partial charge on any atom is -0.465 e. The summed E-state index contributed by atoms with van der Waals surface area (Å²) >= 11 is 0. The molecule has 5 aromatic rings. The number of carbonyl (C=O) groups is 2. The van der Waals surface area contributed by atoms with Gasteiger partial charge in [0.15, 0.2) is 0 Å². The molecule has 0 unspecified atom stereocenters. The maximum Gasteiger partial charge on any atom is 0.408 e. The summed E-state index contributed by atoms with van der Waals surface area (Å²) < 4.78 is 33.4. The molecule has 0 aliphatic carbocycles. The van der Waals surface area contributed by atoms with Crippen LogP contribution in [-0.4, -0.2) is 42.9 Å². The molecule has 0 atom stereocenters. The van der Waals surface area contributed by atoms with E-state index in [0.717, 1.165) is 22.3 Å². The normalized spacial score (nSPS) is 11.4. The second-order valence-electron chi connectivity index (χ2n) is 14.3. The van der Waals surface area contributed by atoms with Crippen molar-refractivity contribution in [2.75, 3.05) is 11.1 Å². The standard InChI is InChI=1S/C20H22FN3O3.C19H24FN3O2/c1-20(2,3)27-19(26)22-11-13-4-6-14(7-5-13)12-24-17-10-15(21)8-9-16(17)23-18(24)25;1-19(2,3)23(18(24)25)12-14-6-4-13(5-7-14)11-22-17-10-15(20)8-9-16(17)21/h4-10H,11-12H2,1-3H3,(H,22,26)(H,23,25);4-10,22H,11-12,21H2,1-3H3,(H,24,25). The van der Waals surface area contributed by atoms with Crippen LogP contribution in [0.3, 0.4) is 0 Å². The zero-order chi connectivity index (χ0) is 38.2. The monoisotopic (exact) mass is 716 g/mol. The number of nitrogens with zero attached hydrogens (tertiary/aromatic N) is 2. The number of anilines is 2. The van der Waals surface area contributed by atoms with Crippen molar-refractivity contribution >= 4 is 34.6 Å². The van der Waals surface area contributed by atoms with Crippen LogP contribution < -0.4 is 22.1 Å². The van der Waals surface area contributed by atoms with Gasteiger partial charge < -0.3 is 31.2 Å². The van der Waals surface area contributed by atoms with Crippen molar-refractivity contribution in [1.29, 1.82) is 0 Å². The summed E-state index contributed by atoms with van der Waals surface area (Å²) in [4.78, 5) is 39.4. The first-order valence-corrected chi connectivity index (χ1v) is 16.7. The minimum absolute atomic E-state index is 0.286. The molecule has 1 heterocycles. The smallest absolute Gasteiger partial charge is 0.408 e. The Kier molecular flexibility index (Phi) is 12.3. The molecule has 0 aliphatic rings. The van der Waals surface area contributed by atoms with Gasteiger partial charge in [-0.05, 0) is 100 Å². The molecule has 11 nitrogen and oxygen atoms in total. The van der Waals surface area contributed by atoms with Gasteiger partial charge in [-0.1, -0.05) is 48.5 Å². The maximum absolute atomic E-state index is 13.5. The molecular weight excluding hydrogens is 670 g/mol. The van der Waals surface area contributed by atoms with Crippen molar-refractivity contribution in [3.8, 4) is 0 Å². The number of aromatic nitrogens is 2. The lowest BCUT2D eigenvalue weighted by molar-refractivity contribution is 0.0523. The van der Waals surface area contributed by atoms with Crippen LogP contribution in [-0.2, 0) is 30.9 Å². The molecule has 0 aliphatic heterocycles. The lowest BCUT2D eigenvalue weighted by Crippen LogP contribution is -2.44. The molecule has 0 radical (unpaired) electrons. The zero-order valence-electron chi connectivity index (χ0n) is 30.2. The molecule has 1 aromatic heterocycles. The van der Waals surface area contributed by atoms with E-state index in [9.17, 15) is 28.3 Å².